The topological polar surface area (TPSA) is 72.2 Å². The maximum absolute atomic E-state index is 12.1. The normalized spacial score (nSPS) is 12.4. The van der Waals surface area contributed by atoms with Crippen LogP contribution in [0.3, 0.4) is 0 Å². The standard InChI is InChI=1S/C17H22N2O3S/c1-11(2)18-16(20)10-23(21)9-15-13(4)22-17(19-15)14-7-5-6-12(3)8-14/h5-8,11H,9-10H2,1-4H3,(H,18,20)/t23-/m1/s1. The van der Waals surface area contributed by atoms with Crippen LogP contribution in [0.1, 0.15) is 30.9 Å². The summed E-state index contributed by atoms with van der Waals surface area (Å²) < 4.78 is 17.8. The Labute approximate surface area is 139 Å². The molecule has 0 aliphatic rings. The Morgan fingerprint density at radius 3 is 2.74 bits per heavy atom. The molecule has 2 aromatic rings. The molecule has 2 rings (SSSR count). The Hall–Kier alpha value is -1.95. The van der Waals surface area contributed by atoms with Crippen molar-refractivity contribution in [3.05, 3.63) is 41.3 Å². The third kappa shape index (κ3) is 5.03. The molecule has 0 bridgehead atoms. The van der Waals surface area contributed by atoms with E-state index in [1.165, 1.54) is 0 Å². The molecule has 1 heterocycles. The van der Waals surface area contributed by atoms with E-state index in [9.17, 15) is 9.00 Å². The molecule has 6 heteroatoms. The molecule has 124 valence electrons. The molecule has 0 saturated carbocycles. The number of hydrogen-bond donors (Lipinski definition) is 1. The second-order valence-corrected chi connectivity index (χ2v) is 7.30. The molecular weight excluding hydrogens is 312 g/mol. The number of hydrogen-bond acceptors (Lipinski definition) is 4. The van der Waals surface area contributed by atoms with Gasteiger partial charge in [0, 0.05) is 22.4 Å². The number of aromatic nitrogens is 1. The first-order chi connectivity index (χ1) is 10.8. The van der Waals surface area contributed by atoms with Crippen LogP contribution < -0.4 is 5.32 Å². The molecule has 0 aliphatic carbocycles. The maximum atomic E-state index is 12.1. The number of amides is 1. The average molecular weight is 334 g/mol. The fourth-order valence-electron chi connectivity index (χ4n) is 2.18. The minimum atomic E-state index is -1.31. The Kier molecular flexibility index (Phi) is 5.71. The molecule has 0 fully saturated rings. The number of nitrogens with one attached hydrogen (secondary N) is 1. The molecule has 0 radical (unpaired) electrons. The second-order valence-electron chi connectivity index (χ2n) is 5.84. The van der Waals surface area contributed by atoms with Crippen molar-refractivity contribution in [2.45, 2.75) is 39.5 Å². The first-order valence-electron chi connectivity index (χ1n) is 7.53. The van der Waals surface area contributed by atoms with E-state index < -0.39 is 10.8 Å². The quantitative estimate of drug-likeness (QED) is 0.881. The van der Waals surface area contributed by atoms with Crippen molar-refractivity contribution in [3.63, 3.8) is 0 Å². The lowest BCUT2D eigenvalue weighted by molar-refractivity contribution is -0.119. The highest BCUT2D eigenvalue weighted by Gasteiger charge is 2.16. The summed E-state index contributed by atoms with van der Waals surface area (Å²) in [4.78, 5) is 16.1. The molecule has 23 heavy (non-hydrogen) atoms. The Morgan fingerprint density at radius 2 is 2.09 bits per heavy atom. The van der Waals surface area contributed by atoms with Gasteiger partial charge in [-0.05, 0) is 39.8 Å². The number of nitrogens with zero attached hydrogens (tertiary/aromatic N) is 1. The molecule has 5 nitrogen and oxygen atoms in total. The molecule has 1 aromatic carbocycles. The largest absolute Gasteiger partial charge is 0.441 e. The highest BCUT2D eigenvalue weighted by atomic mass is 32.2. The van der Waals surface area contributed by atoms with Gasteiger partial charge in [-0.25, -0.2) is 4.98 Å². The third-order valence-corrected chi connectivity index (χ3v) is 4.38. The monoisotopic (exact) mass is 334 g/mol. The van der Waals surface area contributed by atoms with Gasteiger partial charge in [-0.2, -0.15) is 0 Å². The van der Waals surface area contributed by atoms with E-state index in [0.29, 0.717) is 17.3 Å². The van der Waals surface area contributed by atoms with Crippen molar-refractivity contribution in [2.24, 2.45) is 0 Å². The number of carbonyl (C=O) groups excluding carboxylic acids is 1. The average Bonchev–Trinajstić information content (AvgIpc) is 2.79. The summed E-state index contributed by atoms with van der Waals surface area (Å²) in [6, 6.07) is 7.90. The van der Waals surface area contributed by atoms with Gasteiger partial charge in [0.05, 0.1) is 11.4 Å². The van der Waals surface area contributed by atoms with Crippen molar-refractivity contribution in [1.29, 1.82) is 0 Å². The SMILES string of the molecule is Cc1cccc(-c2nc(C[S@@](=O)CC(=O)NC(C)C)c(C)o2)c1. The van der Waals surface area contributed by atoms with Crippen LogP contribution in [0.25, 0.3) is 11.5 Å². The number of aryl methyl sites for hydroxylation is 2. The zero-order valence-corrected chi connectivity index (χ0v) is 14.7. The summed E-state index contributed by atoms with van der Waals surface area (Å²) in [5.41, 5.74) is 2.65. The Bertz CT molecular complexity index is 722. The summed E-state index contributed by atoms with van der Waals surface area (Å²) in [6.07, 6.45) is 0. The van der Waals surface area contributed by atoms with Crippen LogP contribution in [0.15, 0.2) is 28.7 Å². The van der Waals surface area contributed by atoms with Gasteiger partial charge in [-0.3, -0.25) is 9.00 Å². The number of oxazole rings is 1. The van der Waals surface area contributed by atoms with Gasteiger partial charge in [0.25, 0.3) is 0 Å². The highest BCUT2D eigenvalue weighted by molar-refractivity contribution is 7.84. The lowest BCUT2D eigenvalue weighted by Gasteiger charge is -2.07. The van der Waals surface area contributed by atoms with E-state index in [-0.39, 0.29) is 23.5 Å². The van der Waals surface area contributed by atoms with Crippen LogP contribution in [0.5, 0.6) is 0 Å². The first-order valence-corrected chi connectivity index (χ1v) is 9.01. The van der Waals surface area contributed by atoms with Crippen molar-refractivity contribution >= 4 is 16.7 Å². The van der Waals surface area contributed by atoms with Crippen molar-refractivity contribution in [3.8, 4) is 11.5 Å². The van der Waals surface area contributed by atoms with Crippen LogP contribution in [0.4, 0.5) is 0 Å². The minimum absolute atomic E-state index is 0.0236. The van der Waals surface area contributed by atoms with E-state index >= 15 is 0 Å². The lowest BCUT2D eigenvalue weighted by atomic mass is 10.1. The molecule has 0 saturated heterocycles. The molecule has 1 atom stereocenters. The van der Waals surface area contributed by atoms with Crippen molar-refractivity contribution in [2.75, 3.05) is 5.75 Å². The molecule has 1 amide bonds. The van der Waals surface area contributed by atoms with E-state index in [0.717, 1.165) is 11.1 Å². The summed E-state index contributed by atoms with van der Waals surface area (Å²) in [5, 5.41) is 2.74. The summed E-state index contributed by atoms with van der Waals surface area (Å²) >= 11 is 0. The van der Waals surface area contributed by atoms with Gasteiger partial charge < -0.3 is 9.73 Å². The number of carbonyl (C=O) groups is 1. The molecule has 1 N–H and O–H groups in total. The fourth-order valence-corrected chi connectivity index (χ4v) is 3.23. The van der Waals surface area contributed by atoms with Gasteiger partial charge in [0.1, 0.15) is 11.5 Å². The van der Waals surface area contributed by atoms with Crippen LogP contribution in [-0.4, -0.2) is 26.9 Å². The van der Waals surface area contributed by atoms with Gasteiger partial charge in [0.2, 0.25) is 11.8 Å². The predicted molar refractivity (Wildman–Crippen MR) is 91.4 cm³/mol. The second kappa shape index (κ2) is 7.55. The number of rotatable bonds is 6. The summed E-state index contributed by atoms with van der Waals surface area (Å²) in [5.74, 6) is 1.14. The van der Waals surface area contributed by atoms with E-state index in [1.54, 1.807) is 6.92 Å². The highest BCUT2D eigenvalue weighted by Crippen LogP contribution is 2.23. The minimum Gasteiger partial charge on any atom is -0.441 e. The van der Waals surface area contributed by atoms with Crippen LogP contribution in [-0.2, 0) is 21.3 Å². The van der Waals surface area contributed by atoms with Gasteiger partial charge in [-0.15, -0.1) is 0 Å². The molecule has 1 aromatic heterocycles. The van der Waals surface area contributed by atoms with E-state index in [2.05, 4.69) is 10.3 Å². The van der Waals surface area contributed by atoms with E-state index in [4.69, 9.17) is 4.42 Å². The molecular formula is C17H22N2O3S. The van der Waals surface area contributed by atoms with Crippen molar-refractivity contribution in [1.82, 2.24) is 10.3 Å². The Morgan fingerprint density at radius 1 is 1.35 bits per heavy atom. The molecule has 0 spiro atoms. The predicted octanol–water partition coefficient (Wildman–Crippen LogP) is 2.73. The summed E-state index contributed by atoms with van der Waals surface area (Å²) in [6.45, 7) is 7.54. The summed E-state index contributed by atoms with van der Waals surface area (Å²) in [7, 11) is -1.31. The lowest BCUT2D eigenvalue weighted by Crippen LogP contribution is -2.34. The fraction of sp³-hybridized carbons (Fsp3) is 0.412. The molecule has 0 aliphatic heterocycles. The van der Waals surface area contributed by atoms with Crippen LogP contribution >= 0.6 is 0 Å². The Balaban J connectivity index is 2.07. The number of benzene rings is 1. The zero-order valence-electron chi connectivity index (χ0n) is 13.9. The molecule has 0 unspecified atom stereocenters. The van der Waals surface area contributed by atoms with Crippen LogP contribution in [0, 0.1) is 13.8 Å². The smallest absolute Gasteiger partial charge is 0.232 e. The van der Waals surface area contributed by atoms with Gasteiger partial charge in [-0.1, -0.05) is 17.7 Å². The maximum Gasteiger partial charge on any atom is 0.232 e. The first kappa shape index (κ1) is 17.4. The third-order valence-electron chi connectivity index (χ3n) is 3.20. The van der Waals surface area contributed by atoms with Crippen molar-refractivity contribution < 1.29 is 13.4 Å². The van der Waals surface area contributed by atoms with E-state index in [1.807, 2.05) is 45.0 Å². The van der Waals surface area contributed by atoms with Gasteiger partial charge >= 0.3 is 0 Å². The van der Waals surface area contributed by atoms with Crippen LogP contribution in [0.2, 0.25) is 0 Å². The zero-order chi connectivity index (χ0) is 17.0. The van der Waals surface area contributed by atoms with Gasteiger partial charge in [0.15, 0.2) is 0 Å².